The maximum Gasteiger partial charge on any atom is 0.133 e. The molecule has 0 aliphatic rings. The second-order valence-corrected chi connectivity index (χ2v) is 5.22. The molecule has 0 radical (unpaired) electrons. The van der Waals surface area contributed by atoms with Crippen LogP contribution in [0.5, 0.6) is 0 Å². The van der Waals surface area contributed by atoms with Crippen LogP contribution in [-0.2, 0) is 5.60 Å². The minimum absolute atomic E-state index is 0.111. The number of aliphatic hydroxyl groups excluding tert-OH is 1. The summed E-state index contributed by atoms with van der Waals surface area (Å²) < 4.78 is 5.33. The first-order chi connectivity index (χ1) is 9.65. The molecule has 0 saturated heterocycles. The first kappa shape index (κ1) is 15.0. The van der Waals surface area contributed by atoms with E-state index in [0.717, 1.165) is 29.4 Å². The Labute approximate surface area is 119 Å². The van der Waals surface area contributed by atoms with E-state index in [1.54, 1.807) is 13.3 Å². The number of hydrogen-bond acceptors (Lipinski definition) is 4. The Bertz CT molecular complexity index is 547. The maximum absolute atomic E-state index is 11.1. The second-order valence-electron chi connectivity index (χ2n) is 5.22. The summed E-state index contributed by atoms with van der Waals surface area (Å²) in [6, 6.07) is 7.17. The number of benzene rings is 1. The van der Waals surface area contributed by atoms with Crippen LogP contribution in [0.2, 0.25) is 0 Å². The summed E-state index contributed by atoms with van der Waals surface area (Å²) in [5, 5.41) is 24.7. The molecule has 0 spiro atoms. The van der Waals surface area contributed by atoms with E-state index in [1.165, 1.54) is 0 Å². The third-order valence-electron chi connectivity index (χ3n) is 3.97. The zero-order chi connectivity index (χ0) is 14.6. The zero-order valence-electron chi connectivity index (χ0n) is 12.1. The van der Waals surface area contributed by atoms with Gasteiger partial charge in [-0.1, -0.05) is 25.8 Å². The fourth-order valence-corrected chi connectivity index (χ4v) is 2.68. The number of unbranched alkanes of at least 4 members (excludes halogenated alkanes) is 1. The first-order valence-electron chi connectivity index (χ1n) is 7.14. The van der Waals surface area contributed by atoms with Crippen LogP contribution in [0.4, 0.5) is 0 Å². The summed E-state index contributed by atoms with van der Waals surface area (Å²) in [5.74, 6) is 0. The highest BCUT2D eigenvalue weighted by Gasteiger charge is 2.36. The summed E-state index contributed by atoms with van der Waals surface area (Å²) in [7, 11) is 1.76. The minimum Gasteiger partial charge on any atom is -0.464 e. The van der Waals surface area contributed by atoms with Crippen LogP contribution >= 0.6 is 0 Å². The number of nitrogens with one attached hydrogen (secondary N) is 1. The van der Waals surface area contributed by atoms with Crippen LogP contribution in [0.1, 0.15) is 31.7 Å². The lowest BCUT2D eigenvalue weighted by atomic mass is 9.82. The van der Waals surface area contributed by atoms with E-state index in [9.17, 15) is 10.2 Å². The fraction of sp³-hybridized carbons (Fsp3) is 0.500. The third kappa shape index (κ3) is 2.73. The molecule has 1 aromatic carbocycles. The monoisotopic (exact) mass is 277 g/mol. The van der Waals surface area contributed by atoms with Gasteiger partial charge in [-0.3, -0.25) is 0 Å². The van der Waals surface area contributed by atoms with Gasteiger partial charge < -0.3 is 19.9 Å². The van der Waals surface area contributed by atoms with Crippen molar-refractivity contribution in [2.75, 3.05) is 13.7 Å². The van der Waals surface area contributed by atoms with Gasteiger partial charge in [-0.25, -0.2) is 0 Å². The van der Waals surface area contributed by atoms with Crippen molar-refractivity contribution in [3.8, 4) is 0 Å². The first-order valence-corrected chi connectivity index (χ1v) is 7.14. The van der Waals surface area contributed by atoms with Crippen molar-refractivity contribution >= 4 is 11.0 Å². The quantitative estimate of drug-likeness (QED) is 0.727. The highest BCUT2D eigenvalue weighted by Crippen LogP contribution is 2.33. The van der Waals surface area contributed by atoms with E-state index in [4.69, 9.17) is 4.42 Å². The van der Waals surface area contributed by atoms with E-state index >= 15 is 0 Å². The molecule has 0 bridgehead atoms. The van der Waals surface area contributed by atoms with E-state index in [0.29, 0.717) is 6.42 Å². The van der Waals surface area contributed by atoms with Gasteiger partial charge in [0, 0.05) is 5.39 Å². The molecule has 0 amide bonds. The molecule has 0 aliphatic heterocycles. The fourth-order valence-electron chi connectivity index (χ4n) is 2.68. The molecule has 0 saturated carbocycles. The lowest BCUT2D eigenvalue weighted by Gasteiger charge is -2.36. The lowest BCUT2D eigenvalue weighted by Crippen LogP contribution is -2.49. The largest absolute Gasteiger partial charge is 0.464 e. The summed E-state index contributed by atoms with van der Waals surface area (Å²) in [6.45, 7) is 1.98. The third-order valence-corrected chi connectivity index (χ3v) is 3.97. The van der Waals surface area contributed by atoms with E-state index in [2.05, 4.69) is 12.2 Å². The highest BCUT2D eigenvalue weighted by molar-refractivity contribution is 5.78. The van der Waals surface area contributed by atoms with Crippen molar-refractivity contribution in [2.45, 2.75) is 37.8 Å². The topological polar surface area (TPSA) is 65.6 Å². The Hall–Kier alpha value is -1.36. The summed E-state index contributed by atoms with van der Waals surface area (Å²) in [6.07, 6.45) is 4.15. The Morgan fingerprint density at radius 2 is 2.15 bits per heavy atom. The van der Waals surface area contributed by atoms with Crippen molar-refractivity contribution in [1.29, 1.82) is 0 Å². The Kier molecular flexibility index (Phi) is 4.81. The average molecular weight is 277 g/mol. The molecule has 1 heterocycles. The van der Waals surface area contributed by atoms with Gasteiger partial charge >= 0.3 is 0 Å². The second kappa shape index (κ2) is 6.39. The minimum atomic E-state index is -1.08. The lowest BCUT2D eigenvalue weighted by molar-refractivity contribution is -0.0286. The molecule has 20 heavy (non-hydrogen) atoms. The number of rotatable bonds is 7. The standard InChI is InChI=1S/C16H23NO3/c1-3-4-8-16(19,15(11-18)17-2)13-5-6-14-12(10-13)7-9-20-14/h5-7,9-10,15,17-19H,3-4,8,11H2,1-2H3. The van der Waals surface area contributed by atoms with Crippen molar-refractivity contribution in [1.82, 2.24) is 5.32 Å². The van der Waals surface area contributed by atoms with E-state index in [1.807, 2.05) is 24.3 Å². The van der Waals surface area contributed by atoms with E-state index < -0.39 is 11.6 Å². The van der Waals surface area contributed by atoms with Crippen LogP contribution in [0.15, 0.2) is 34.9 Å². The number of fused-ring (bicyclic) bond motifs is 1. The van der Waals surface area contributed by atoms with Crippen LogP contribution in [0.3, 0.4) is 0 Å². The zero-order valence-corrected chi connectivity index (χ0v) is 12.1. The molecule has 2 unspecified atom stereocenters. The van der Waals surface area contributed by atoms with Gasteiger partial charge in [-0.2, -0.15) is 0 Å². The van der Waals surface area contributed by atoms with Crippen LogP contribution < -0.4 is 5.32 Å². The molecule has 4 heteroatoms. The van der Waals surface area contributed by atoms with Gasteiger partial charge in [0.1, 0.15) is 11.2 Å². The van der Waals surface area contributed by atoms with Crippen LogP contribution in [0, 0.1) is 0 Å². The van der Waals surface area contributed by atoms with Gasteiger partial charge in [-0.05, 0) is 37.2 Å². The molecule has 2 rings (SSSR count). The molecule has 0 fully saturated rings. The van der Waals surface area contributed by atoms with Crippen LogP contribution in [-0.4, -0.2) is 29.9 Å². The van der Waals surface area contributed by atoms with E-state index in [-0.39, 0.29) is 6.61 Å². The Morgan fingerprint density at radius 1 is 1.35 bits per heavy atom. The molecule has 1 aromatic heterocycles. The number of hydrogen-bond donors (Lipinski definition) is 3. The van der Waals surface area contributed by atoms with Crippen molar-refractivity contribution in [3.63, 3.8) is 0 Å². The molecular weight excluding hydrogens is 254 g/mol. The number of aliphatic hydroxyl groups is 2. The Morgan fingerprint density at radius 3 is 2.80 bits per heavy atom. The van der Waals surface area contributed by atoms with Gasteiger partial charge in [0.2, 0.25) is 0 Å². The summed E-state index contributed by atoms with van der Waals surface area (Å²) >= 11 is 0. The van der Waals surface area contributed by atoms with Gasteiger partial charge in [0.15, 0.2) is 0 Å². The molecule has 2 atom stereocenters. The smallest absolute Gasteiger partial charge is 0.133 e. The SMILES string of the molecule is CCCCC(O)(c1ccc2occc2c1)C(CO)NC. The van der Waals surface area contributed by atoms with Crippen molar-refractivity contribution in [2.24, 2.45) is 0 Å². The number of furan rings is 1. The van der Waals surface area contributed by atoms with Gasteiger partial charge in [0.05, 0.1) is 18.9 Å². The molecule has 2 aromatic rings. The van der Waals surface area contributed by atoms with Crippen molar-refractivity contribution in [3.05, 3.63) is 36.1 Å². The maximum atomic E-state index is 11.1. The van der Waals surface area contributed by atoms with Crippen LogP contribution in [0.25, 0.3) is 11.0 Å². The predicted molar refractivity (Wildman–Crippen MR) is 79.6 cm³/mol. The van der Waals surface area contributed by atoms with Crippen molar-refractivity contribution < 1.29 is 14.6 Å². The number of likely N-dealkylation sites (N-methyl/N-ethyl adjacent to an activating group) is 1. The molecule has 3 N–H and O–H groups in total. The molecule has 110 valence electrons. The molecular formula is C16H23NO3. The highest BCUT2D eigenvalue weighted by atomic mass is 16.3. The van der Waals surface area contributed by atoms with Gasteiger partial charge in [0.25, 0.3) is 0 Å². The summed E-state index contributed by atoms with van der Waals surface area (Å²) in [5.41, 5.74) is 0.537. The predicted octanol–water partition coefficient (Wildman–Crippen LogP) is 2.39. The van der Waals surface area contributed by atoms with Gasteiger partial charge in [-0.15, -0.1) is 0 Å². The Balaban J connectivity index is 2.42. The average Bonchev–Trinajstić information content (AvgIpc) is 2.93. The normalized spacial score (nSPS) is 16.2. The molecule has 4 nitrogen and oxygen atoms in total. The summed E-state index contributed by atoms with van der Waals surface area (Å²) in [4.78, 5) is 0. The molecule has 0 aliphatic carbocycles.